The van der Waals surface area contributed by atoms with Crippen LogP contribution >= 0.6 is 11.3 Å². The molecule has 2 N–H and O–H groups in total. The number of aliphatic hydroxyl groups is 2. The van der Waals surface area contributed by atoms with Gasteiger partial charge in [-0.3, -0.25) is 4.90 Å². The SMILES string of the molecule is CCOC(=O)c1nc(CN2CC(O)C(O)C2)cs1. The van der Waals surface area contributed by atoms with Crippen LogP contribution in [0.1, 0.15) is 22.4 Å². The first kappa shape index (κ1) is 13.4. The predicted molar refractivity (Wildman–Crippen MR) is 65.4 cm³/mol. The van der Waals surface area contributed by atoms with E-state index in [1.807, 2.05) is 4.90 Å². The normalized spacial score (nSPS) is 24.4. The van der Waals surface area contributed by atoms with E-state index < -0.39 is 18.2 Å². The van der Waals surface area contributed by atoms with Gasteiger partial charge < -0.3 is 14.9 Å². The van der Waals surface area contributed by atoms with Crippen molar-refractivity contribution in [2.75, 3.05) is 19.7 Å². The van der Waals surface area contributed by atoms with Gasteiger partial charge >= 0.3 is 5.97 Å². The van der Waals surface area contributed by atoms with E-state index in [1.165, 1.54) is 11.3 Å². The Hall–Kier alpha value is -1.02. The smallest absolute Gasteiger partial charge is 0.367 e. The standard InChI is InChI=1S/C11H16N2O4S/c1-2-17-11(16)10-12-7(6-18-10)3-13-4-8(14)9(15)5-13/h6,8-9,14-15H,2-5H2,1H3. The number of ether oxygens (including phenoxy) is 1. The topological polar surface area (TPSA) is 82.9 Å². The number of esters is 1. The second-order valence-electron chi connectivity index (χ2n) is 4.19. The van der Waals surface area contributed by atoms with E-state index in [-0.39, 0.29) is 0 Å². The van der Waals surface area contributed by atoms with Crippen LogP contribution in [0.5, 0.6) is 0 Å². The highest BCUT2D eigenvalue weighted by atomic mass is 32.1. The van der Waals surface area contributed by atoms with Crippen molar-refractivity contribution in [2.24, 2.45) is 0 Å². The van der Waals surface area contributed by atoms with Crippen molar-refractivity contribution in [3.05, 3.63) is 16.1 Å². The lowest BCUT2D eigenvalue weighted by Gasteiger charge is -2.12. The maximum atomic E-state index is 11.4. The van der Waals surface area contributed by atoms with Crippen molar-refractivity contribution in [3.8, 4) is 0 Å². The molecule has 1 aromatic heterocycles. The summed E-state index contributed by atoms with van der Waals surface area (Å²) < 4.78 is 4.86. The van der Waals surface area contributed by atoms with Gasteiger partial charge in [-0.1, -0.05) is 0 Å². The first-order chi connectivity index (χ1) is 8.60. The lowest BCUT2D eigenvalue weighted by molar-refractivity contribution is 0.0525. The highest BCUT2D eigenvalue weighted by Crippen LogP contribution is 2.16. The minimum Gasteiger partial charge on any atom is -0.461 e. The maximum absolute atomic E-state index is 11.4. The van der Waals surface area contributed by atoms with E-state index in [1.54, 1.807) is 12.3 Å². The van der Waals surface area contributed by atoms with Gasteiger partial charge in [0.2, 0.25) is 5.01 Å². The van der Waals surface area contributed by atoms with Crippen LogP contribution in [0.4, 0.5) is 0 Å². The van der Waals surface area contributed by atoms with Crippen molar-refractivity contribution in [2.45, 2.75) is 25.7 Å². The van der Waals surface area contributed by atoms with Crippen LogP contribution in [-0.2, 0) is 11.3 Å². The zero-order valence-electron chi connectivity index (χ0n) is 10.1. The van der Waals surface area contributed by atoms with Crippen LogP contribution in [0.25, 0.3) is 0 Å². The molecule has 1 aromatic rings. The van der Waals surface area contributed by atoms with Crippen LogP contribution in [0.2, 0.25) is 0 Å². The fourth-order valence-electron chi connectivity index (χ4n) is 1.87. The summed E-state index contributed by atoms with van der Waals surface area (Å²) in [6.45, 7) is 3.45. The Morgan fingerprint density at radius 3 is 2.83 bits per heavy atom. The van der Waals surface area contributed by atoms with Gasteiger partial charge in [0.15, 0.2) is 0 Å². The zero-order chi connectivity index (χ0) is 13.1. The van der Waals surface area contributed by atoms with Crippen molar-refractivity contribution in [1.82, 2.24) is 9.88 Å². The monoisotopic (exact) mass is 272 g/mol. The minimum atomic E-state index is -0.701. The molecule has 0 saturated carbocycles. The third kappa shape index (κ3) is 3.05. The van der Waals surface area contributed by atoms with Crippen LogP contribution in [0.3, 0.4) is 0 Å². The lowest BCUT2D eigenvalue weighted by Crippen LogP contribution is -2.22. The second-order valence-corrected chi connectivity index (χ2v) is 5.05. The molecule has 2 atom stereocenters. The minimum absolute atomic E-state index is 0.332. The van der Waals surface area contributed by atoms with Crippen molar-refractivity contribution in [1.29, 1.82) is 0 Å². The summed E-state index contributed by atoms with van der Waals surface area (Å²) in [4.78, 5) is 17.5. The molecule has 0 radical (unpaired) electrons. The van der Waals surface area contributed by atoms with Gasteiger partial charge in [0.1, 0.15) is 0 Å². The molecule has 6 nitrogen and oxygen atoms in total. The van der Waals surface area contributed by atoms with Gasteiger partial charge in [0.25, 0.3) is 0 Å². The highest BCUT2D eigenvalue weighted by molar-refractivity contribution is 7.11. The molecular formula is C11H16N2O4S. The molecule has 2 rings (SSSR count). The zero-order valence-corrected chi connectivity index (χ0v) is 10.9. The van der Waals surface area contributed by atoms with Gasteiger partial charge in [-0.05, 0) is 6.92 Å². The van der Waals surface area contributed by atoms with E-state index in [9.17, 15) is 15.0 Å². The maximum Gasteiger partial charge on any atom is 0.367 e. The number of thiazole rings is 1. The van der Waals surface area contributed by atoms with E-state index >= 15 is 0 Å². The average molecular weight is 272 g/mol. The summed E-state index contributed by atoms with van der Waals surface area (Å²) in [7, 11) is 0. The summed E-state index contributed by atoms with van der Waals surface area (Å²) in [6.07, 6.45) is -1.40. The molecule has 2 heterocycles. The van der Waals surface area contributed by atoms with E-state index in [0.29, 0.717) is 31.2 Å². The molecule has 0 bridgehead atoms. The highest BCUT2D eigenvalue weighted by Gasteiger charge is 2.29. The number of aliphatic hydroxyl groups excluding tert-OH is 2. The predicted octanol–water partition coefficient (Wildman–Crippen LogP) is -0.143. The fraction of sp³-hybridized carbons (Fsp3) is 0.636. The van der Waals surface area contributed by atoms with Gasteiger partial charge in [-0.15, -0.1) is 11.3 Å². The third-order valence-corrected chi connectivity index (χ3v) is 3.59. The number of β-amino-alcohol motifs (C(OH)–C–C–N with tert-alkyl or cyclic N) is 2. The Morgan fingerprint density at radius 2 is 2.22 bits per heavy atom. The van der Waals surface area contributed by atoms with E-state index in [4.69, 9.17) is 4.74 Å². The number of carbonyl (C=O) groups excluding carboxylic acids is 1. The lowest BCUT2D eigenvalue weighted by atomic mass is 10.3. The number of hydrogen-bond donors (Lipinski definition) is 2. The van der Waals surface area contributed by atoms with Crippen molar-refractivity contribution >= 4 is 17.3 Å². The first-order valence-electron chi connectivity index (χ1n) is 5.80. The molecule has 0 aromatic carbocycles. The van der Waals surface area contributed by atoms with Crippen molar-refractivity contribution in [3.63, 3.8) is 0 Å². The van der Waals surface area contributed by atoms with Crippen molar-refractivity contribution < 1.29 is 19.7 Å². The van der Waals surface area contributed by atoms with E-state index in [2.05, 4.69) is 4.98 Å². The van der Waals surface area contributed by atoms with Gasteiger partial charge in [-0.2, -0.15) is 0 Å². The Balaban J connectivity index is 1.93. The molecular weight excluding hydrogens is 256 g/mol. The van der Waals surface area contributed by atoms with Gasteiger partial charge in [0.05, 0.1) is 24.5 Å². The van der Waals surface area contributed by atoms with Crippen LogP contribution in [0, 0.1) is 0 Å². The van der Waals surface area contributed by atoms with E-state index in [0.717, 1.165) is 5.69 Å². The second kappa shape index (κ2) is 5.75. The molecule has 7 heteroatoms. The molecule has 1 saturated heterocycles. The molecule has 1 aliphatic heterocycles. The number of hydrogen-bond acceptors (Lipinski definition) is 7. The number of aromatic nitrogens is 1. The molecule has 0 amide bonds. The molecule has 100 valence electrons. The number of likely N-dealkylation sites (tertiary alicyclic amines) is 1. The van der Waals surface area contributed by atoms with Gasteiger partial charge in [0, 0.05) is 25.0 Å². The Bertz CT molecular complexity index is 413. The van der Waals surface area contributed by atoms with Crippen LogP contribution < -0.4 is 0 Å². The quantitative estimate of drug-likeness (QED) is 0.742. The fourth-order valence-corrected chi connectivity index (χ4v) is 2.57. The molecule has 0 spiro atoms. The summed E-state index contributed by atoms with van der Waals surface area (Å²) in [5.41, 5.74) is 0.754. The summed E-state index contributed by atoms with van der Waals surface area (Å²) in [5.74, 6) is -0.407. The van der Waals surface area contributed by atoms with Crippen LogP contribution in [0.15, 0.2) is 5.38 Å². The number of rotatable bonds is 4. The first-order valence-corrected chi connectivity index (χ1v) is 6.68. The largest absolute Gasteiger partial charge is 0.461 e. The average Bonchev–Trinajstić information content (AvgIpc) is 2.88. The van der Waals surface area contributed by atoms with Gasteiger partial charge in [-0.25, -0.2) is 9.78 Å². The molecule has 2 unspecified atom stereocenters. The molecule has 1 fully saturated rings. The number of nitrogens with zero attached hydrogens (tertiary/aromatic N) is 2. The third-order valence-electron chi connectivity index (χ3n) is 2.72. The Labute approximate surface area is 109 Å². The van der Waals surface area contributed by atoms with Crippen LogP contribution in [-0.4, -0.2) is 58.0 Å². The Morgan fingerprint density at radius 1 is 1.56 bits per heavy atom. The summed E-state index contributed by atoms with van der Waals surface area (Å²) in [5, 5.41) is 21.0. The Kier molecular flexibility index (Phi) is 4.28. The molecule has 0 aliphatic carbocycles. The molecule has 18 heavy (non-hydrogen) atoms. The summed E-state index contributed by atoms with van der Waals surface area (Å²) >= 11 is 1.25. The number of carbonyl (C=O) groups is 1. The molecule has 1 aliphatic rings. The summed E-state index contributed by atoms with van der Waals surface area (Å²) in [6, 6.07) is 0.